The molecule has 1 atom stereocenters. The first kappa shape index (κ1) is 1.72. The predicted octanol–water partition coefficient (Wildman–Crippen LogP) is 0.321. The molecule has 0 aliphatic carbocycles. The van der Waals surface area contributed by atoms with Crippen LogP contribution in [-0.4, -0.2) is 20.6 Å². The third kappa shape index (κ3) is 5.96. The summed E-state index contributed by atoms with van der Waals surface area (Å²) in [5.74, 6) is 0. The second kappa shape index (κ2) is 5.10. The van der Waals surface area contributed by atoms with Gasteiger partial charge in [0.1, 0.15) is 0 Å². The van der Waals surface area contributed by atoms with Gasteiger partial charge in [0.25, 0.3) is 0 Å². The van der Waals surface area contributed by atoms with Crippen LogP contribution in [0.5, 0.6) is 0 Å². The molecule has 0 spiro atoms. The fourth-order valence-corrected chi connectivity index (χ4v) is 0.306. The average Bonchev–Trinajstić information content (AvgIpc) is 2.00. The van der Waals surface area contributed by atoms with Gasteiger partial charge in [0.15, 0.2) is 0 Å². The molecule has 0 fully saturated rings. The molecule has 1 unspecified atom stereocenters. The summed E-state index contributed by atoms with van der Waals surface area (Å²) >= 11 is 0. The molecule has 0 saturated heterocycles. The molecule has 0 radical (unpaired) electrons. The van der Waals surface area contributed by atoms with Crippen LogP contribution in [0.2, 0.25) is 0 Å². The molecule has 0 heterocycles. The second-order valence-electron chi connectivity index (χ2n) is 1.73. The molecule has 0 aromatic rings. The summed E-state index contributed by atoms with van der Waals surface area (Å²) in [6, 6.07) is 0. The van der Waals surface area contributed by atoms with Gasteiger partial charge in [-0.2, -0.15) is 0 Å². The summed E-state index contributed by atoms with van der Waals surface area (Å²) in [7, 11) is 3.08. The Bertz CT molecular complexity index is 233. The quantitative estimate of drug-likeness (QED) is 0.550. The van der Waals surface area contributed by atoms with Crippen molar-refractivity contribution >= 4 is 0 Å². The molecule has 0 aliphatic heterocycles. The first-order chi connectivity index (χ1) is 6.82. The van der Waals surface area contributed by atoms with Gasteiger partial charge in [0.05, 0.1) is 23.3 Å². The molecular formula is C7H18N+. The zero-order valence-corrected chi connectivity index (χ0v) is 5.28. The lowest BCUT2D eigenvalue weighted by Gasteiger charge is -2.04. The van der Waals surface area contributed by atoms with Crippen molar-refractivity contribution in [1.82, 2.24) is 0 Å². The fourth-order valence-electron chi connectivity index (χ4n) is 0.306. The van der Waals surface area contributed by atoms with E-state index >= 15 is 0 Å². The SMILES string of the molecule is [2H]C(CC([2H])([2H])[NH+](C)C)C([2H])([2H])C([2H])([2H])[2H]. The maximum Gasteiger partial charge on any atom is 0.0923 e. The minimum atomic E-state index is -2.91. The highest BCUT2D eigenvalue weighted by Crippen LogP contribution is 1.88. The molecular weight excluding hydrogens is 98.1 g/mol. The van der Waals surface area contributed by atoms with Gasteiger partial charge in [-0.15, -0.1) is 0 Å². The molecule has 1 N–H and O–H groups in total. The summed E-state index contributed by atoms with van der Waals surface area (Å²) in [5.41, 5.74) is 0. The van der Waals surface area contributed by atoms with Gasteiger partial charge in [0.2, 0.25) is 0 Å². The molecule has 0 aromatic carbocycles. The summed E-state index contributed by atoms with van der Waals surface area (Å²) in [6.07, 6.45) is -4.78. The summed E-state index contributed by atoms with van der Waals surface area (Å²) in [6.45, 7) is -4.72. The van der Waals surface area contributed by atoms with Gasteiger partial charge in [-0.3, -0.25) is 0 Å². The van der Waals surface area contributed by atoms with E-state index in [1.807, 2.05) is 0 Å². The van der Waals surface area contributed by atoms with Gasteiger partial charge >= 0.3 is 0 Å². The van der Waals surface area contributed by atoms with Crippen LogP contribution in [0, 0.1) is 0 Å². The van der Waals surface area contributed by atoms with E-state index in [0.29, 0.717) is 4.90 Å². The highest BCUT2D eigenvalue weighted by Gasteiger charge is 1.89. The number of nitrogens with one attached hydrogen (secondary N) is 1. The average molecular weight is 124 g/mol. The molecule has 1 nitrogen and oxygen atoms in total. The Labute approximate surface area is 63.9 Å². The third-order valence-electron chi connectivity index (χ3n) is 0.660. The van der Waals surface area contributed by atoms with Crippen LogP contribution in [0.4, 0.5) is 0 Å². The number of rotatable bonds is 4. The minimum absolute atomic E-state index is 0.408. The van der Waals surface area contributed by atoms with Crippen LogP contribution >= 0.6 is 0 Å². The van der Waals surface area contributed by atoms with Crippen molar-refractivity contribution in [3.05, 3.63) is 0 Å². The standard InChI is InChI=1S/C7H17N/c1-4-5-6-7-8(2)3/h4-7H2,1-3H3/p+1/i1D3,4D2,5D,7D2. The van der Waals surface area contributed by atoms with Crippen LogP contribution in [0.25, 0.3) is 0 Å². The van der Waals surface area contributed by atoms with Gasteiger partial charge in [-0.05, 0) is 12.8 Å². The molecule has 8 heavy (non-hydrogen) atoms. The van der Waals surface area contributed by atoms with E-state index in [1.54, 1.807) is 0 Å². The van der Waals surface area contributed by atoms with Crippen LogP contribution in [-0.2, 0) is 0 Å². The highest BCUT2D eigenvalue weighted by molar-refractivity contribution is 4.31. The Balaban J connectivity index is 4.78. The van der Waals surface area contributed by atoms with Crippen molar-refractivity contribution in [3.63, 3.8) is 0 Å². The molecule has 0 aliphatic rings. The molecule has 0 bridgehead atoms. The lowest BCUT2D eigenvalue weighted by Crippen LogP contribution is -3.05. The minimum Gasteiger partial charge on any atom is -0.340 e. The van der Waals surface area contributed by atoms with Gasteiger partial charge in [-0.1, -0.05) is 13.2 Å². The highest BCUT2D eigenvalue weighted by atomic mass is 15.0. The van der Waals surface area contributed by atoms with Crippen molar-refractivity contribution in [3.8, 4) is 0 Å². The van der Waals surface area contributed by atoms with E-state index in [4.69, 9.17) is 11.0 Å². The van der Waals surface area contributed by atoms with E-state index in [1.165, 1.54) is 14.1 Å². The smallest absolute Gasteiger partial charge is 0.0923 e. The first-order valence-corrected chi connectivity index (χ1v) is 2.55. The predicted molar refractivity (Wildman–Crippen MR) is 37.2 cm³/mol. The molecule has 0 amide bonds. The van der Waals surface area contributed by atoms with E-state index < -0.39 is 32.5 Å². The van der Waals surface area contributed by atoms with E-state index in [-0.39, 0.29) is 0 Å². The Morgan fingerprint density at radius 3 is 2.88 bits per heavy atom. The summed E-state index contributed by atoms with van der Waals surface area (Å²) < 4.78 is 58.3. The number of hydrogen-bond acceptors (Lipinski definition) is 0. The molecule has 0 rings (SSSR count). The summed E-state index contributed by atoms with van der Waals surface area (Å²) in [4.78, 5) is 0.408. The fraction of sp³-hybridized carbons (Fsp3) is 1.00. The topological polar surface area (TPSA) is 4.44 Å². The zero-order valence-electron chi connectivity index (χ0n) is 13.3. The third-order valence-corrected chi connectivity index (χ3v) is 0.660. The monoisotopic (exact) mass is 124 g/mol. The van der Waals surface area contributed by atoms with Gasteiger partial charge in [-0.25, -0.2) is 0 Å². The molecule has 0 aromatic heterocycles. The van der Waals surface area contributed by atoms with Crippen LogP contribution in [0.1, 0.15) is 37.0 Å². The zero-order chi connectivity index (χ0) is 13.4. The van der Waals surface area contributed by atoms with Gasteiger partial charge < -0.3 is 4.90 Å². The Morgan fingerprint density at radius 2 is 2.38 bits per heavy atom. The first-order valence-electron chi connectivity index (χ1n) is 6.63. The molecule has 1 heteroatoms. The normalized spacial score (nSPS) is 34.4. The maximum absolute atomic E-state index is 7.56. The molecule has 0 saturated carbocycles. The van der Waals surface area contributed by atoms with Crippen molar-refractivity contribution in [2.75, 3.05) is 20.6 Å². The van der Waals surface area contributed by atoms with Crippen molar-refractivity contribution < 1.29 is 15.9 Å². The lowest BCUT2D eigenvalue weighted by molar-refractivity contribution is -0.858. The largest absolute Gasteiger partial charge is 0.340 e. The van der Waals surface area contributed by atoms with Crippen LogP contribution in [0.15, 0.2) is 0 Å². The van der Waals surface area contributed by atoms with Gasteiger partial charge in [0, 0.05) is 8.22 Å². The molecule has 50 valence electrons. The van der Waals surface area contributed by atoms with Crippen LogP contribution < -0.4 is 4.90 Å². The van der Waals surface area contributed by atoms with E-state index in [0.717, 1.165) is 0 Å². The van der Waals surface area contributed by atoms with E-state index in [9.17, 15) is 0 Å². The number of quaternary nitrogens is 1. The van der Waals surface area contributed by atoms with Crippen LogP contribution in [0.3, 0.4) is 0 Å². The Kier molecular flexibility index (Phi) is 1.10. The number of hydrogen-bond donors (Lipinski definition) is 1. The Hall–Kier alpha value is -0.0400. The van der Waals surface area contributed by atoms with Crippen molar-refractivity contribution in [1.29, 1.82) is 0 Å². The Morgan fingerprint density at radius 1 is 1.62 bits per heavy atom. The van der Waals surface area contributed by atoms with E-state index in [2.05, 4.69) is 0 Å². The van der Waals surface area contributed by atoms with Crippen molar-refractivity contribution in [2.24, 2.45) is 0 Å². The van der Waals surface area contributed by atoms with Crippen molar-refractivity contribution in [2.45, 2.75) is 26.0 Å². The summed E-state index contributed by atoms with van der Waals surface area (Å²) in [5, 5.41) is 0. The maximum atomic E-state index is 7.56. The lowest BCUT2D eigenvalue weighted by atomic mass is 10.2. The second-order valence-corrected chi connectivity index (χ2v) is 1.73.